The van der Waals surface area contributed by atoms with Crippen molar-refractivity contribution in [3.05, 3.63) is 53.9 Å². The van der Waals surface area contributed by atoms with Gasteiger partial charge in [0.15, 0.2) is 18.2 Å². The van der Waals surface area contributed by atoms with E-state index in [1.165, 1.54) is 0 Å². The van der Waals surface area contributed by atoms with Crippen molar-refractivity contribution in [1.29, 1.82) is 5.26 Å². The normalized spacial score (nSPS) is 22.5. The third-order valence-corrected chi connectivity index (χ3v) is 6.91. The van der Waals surface area contributed by atoms with Crippen LogP contribution in [0.15, 0.2) is 42.5 Å². The van der Waals surface area contributed by atoms with E-state index in [2.05, 4.69) is 25.9 Å². The number of aliphatic carboxylic acids is 1. The van der Waals surface area contributed by atoms with Crippen molar-refractivity contribution in [2.24, 2.45) is 5.41 Å². The maximum absolute atomic E-state index is 13.4. The Morgan fingerprint density at radius 1 is 1.21 bits per heavy atom. The first-order valence-corrected chi connectivity index (χ1v) is 12.0. The van der Waals surface area contributed by atoms with Crippen LogP contribution in [0.3, 0.4) is 0 Å². The van der Waals surface area contributed by atoms with Crippen molar-refractivity contribution < 1.29 is 29.3 Å². The Hall–Kier alpha value is -4.60. The Kier molecular flexibility index (Phi) is 6.62. The molecule has 0 bridgehead atoms. The first-order chi connectivity index (χ1) is 18.3. The minimum Gasteiger partial charge on any atom is -0.480 e. The summed E-state index contributed by atoms with van der Waals surface area (Å²) in [7, 11) is 0. The molecule has 1 fully saturated rings. The van der Waals surface area contributed by atoms with Crippen LogP contribution in [0, 0.1) is 16.7 Å². The third-order valence-electron chi connectivity index (χ3n) is 6.91. The van der Waals surface area contributed by atoms with E-state index in [4.69, 9.17) is 4.74 Å². The van der Waals surface area contributed by atoms with Gasteiger partial charge in [-0.15, -0.1) is 0 Å². The van der Waals surface area contributed by atoms with Crippen LogP contribution >= 0.6 is 0 Å². The second kappa shape index (κ2) is 10.0. The molecular weight excluding hydrogens is 492 g/mol. The van der Waals surface area contributed by atoms with Crippen molar-refractivity contribution in [2.45, 2.75) is 38.0 Å². The number of nitrogens with one attached hydrogen (secondary N) is 3. The number of pyridine rings is 2. The Labute approximate surface area is 216 Å². The number of anilines is 2. The lowest BCUT2D eigenvalue weighted by Gasteiger charge is -2.39. The summed E-state index contributed by atoms with van der Waals surface area (Å²) < 4.78 is 5.30. The average Bonchev–Trinajstić information content (AvgIpc) is 2.91. The zero-order valence-electron chi connectivity index (χ0n) is 20.1. The van der Waals surface area contributed by atoms with E-state index in [-0.39, 0.29) is 49.7 Å². The predicted octanol–water partition coefficient (Wildman–Crippen LogP) is 1.55. The summed E-state index contributed by atoms with van der Waals surface area (Å²) in [5.41, 5.74) is -0.435. The van der Waals surface area contributed by atoms with E-state index in [1.54, 1.807) is 42.5 Å². The van der Waals surface area contributed by atoms with E-state index in [1.807, 2.05) is 6.07 Å². The molecule has 12 heteroatoms. The standard InChI is InChI=1S/C26H24N6O6/c27-11-15-5-4-14-2-1-3-18(22(14)29-15)31-24(35)26(25(36)37)9-8-17(19(33)10-26)28-12-16-6-7-20-23(30-16)32-21(34)13-38-20/h1-7,17,19,28,33H,8-10,12-13H2,(H,31,35)(H,36,37)(H,30,32,34)/t17-,19+,26-/m1/s1. The topological polar surface area (TPSA) is 187 Å². The van der Waals surface area contributed by atoms with E-state index < -0.39 is 29.4 Å². The van der Waals surface area contributed by atoms with Crippen molar-refractivity contribution in [3.8, 4) is 11.8 Å². The van der Waals surface area contributed by atoms with Crippen LogP contribution in [-0.2, 0) is 20.9 Å². The second-order valence-electron chi connectivity index (χ2n) is 9.31. The number of carboxylic acids is 1. The summed E-state index contributed by atoms with van der Waals surface area (Å²) in [6, 6.07) is 13.2. The molecule has 0 spiro atoms. The monoisotopic (exact) mass is 516 g/mol. The van der Waals surface area contributed by atoms with Gasteiger partial charge in [-0.25, -0.2) is 9.97 Å². The molecule has 1 aromatic carbocycles. The summed E-state index contributed by atoms with van der Waals surface area (Å²) in [4.78, 5) is 45.9. The van der Waals surface area contributed by atoms with Crippen LogP contribution in [0.4, 0.5) is 11.5 Å². The number of benzene rings is 1. The molecule has 194 valence electrons. The minimum atomic E-state index is -1.85. The SMILES string of the molecule is N#Cc1ccc2cccc(NC(=O)[C@@]3(C(=O)O)CC[C@@H](NCc4ccc5c(n4)NC(=O)CO5)[C@@H](O)C3)c2n1. The average molecular weight is 517 g/mol. The fourth-order valence-corrected chi connectivity index (χ4v) is 4.82. The molecule has 38 heavy (non-hydrogen) atoms. The largest absolute Gasteiger partial charge is 0.480 e. The van der Waals surface area contributed by atoms with Crippen LogP contribution in [0.1, 0.15) is 30.7 Å². The maximum atomic E-state index is 13.4. The number of rotatable bonds is 6. The number of carbonyl (C=O) groups excluding carboxylic acids is 2. The van der Waals surface area contributed by atoms with Crippen molar-refractivity contribution >= 4 is 40.2 Å². The fourth-order valence-electron chi connectivity index (χ4n) is 4.82. The number of amides is 2. The lowest BCUT2D eigenvalue weighted by Crippen LogP contribution is -2.54. The molecule has 2 aromatic heterocycles. The number of aliphatic hydroxyl groups is 1. The molecular formula is C26H24N6O6. The summed E-state index contributed by atoms with van der Waals surface area (Å²) in [6.07, 6.45) is -1.21. The first-order valence-electron chi connectivity index (χ1n) is 12.0. The smallest absolute Gasteiger partial charge is 0.319 e. The minimum absolute atomic E-state index is 0.00789. The second-order valence-corrected chi connectivity index (χ2v) is 9.31. The number of carbonyl (C=O) groups is 3. The Bertz CT molecular complexity index is 1490. The van der Waals surface area contributed by atoms with Crippen molar-refractivity contribution in [1.82, 2.24) is 15.3 Å². The molecule has 1 saturated carbocycles. The van der Waals surface area contributed by atoms with Gasteiger partial charge in [-0.2, -0.15) is 5.26 Å². The quantitative estimate of drug-likeness (QED) is 0.301. The van der Waals surface area contributed by atoms with Crippen molar-refractivity contribution in [3.63, 3.8) is 0 Å². The van der Waals surface area contributed by atoms with Gasteiger partial charge in [0.1, 0.15) is 17.2 Å². The number of para-hydroxylation sites is 1. The highest BCUT2D eigenvalue weighted by atomic mass is 16.5. The van der Waals surface area contributed by atoms with Crippen LogP contribution in [0.25, 0.3) is 10.9 Å². The van der Waals surface area contributed by atoms with E-state index >= 15 is 0 Å². The molecule has 3 atom stereocenters. The highest BCUT2D eigenvalue weighted by Gasteiger charge is 2.51. The number of fused-ring (bicyclic) bond motifs is 2. The molecule has 0 radical (unpaired) electrons. The molecule has 5 N–H and O–H groups in total. The number of hydrogen-bond donors (Lipinski definition) is 5. The number of nitrogens with zero attached hydrogens (tertiary/aromatic N) is 3. The lowest BCUT2D eigenvalue weighted by atomic mass is 9.70. The van der Waals surface area contributed by atoms with E-state index in [9.17, 15) is 29.9 Å². The number of hydrogen-bond acceptors (Lipinski definition) is 9. The van der Waals surface area contributed by atoms with Gasteiger partial charge < -0.3 is 30.9 Å². The Balaban J connectivity index is 1.28. The first kappa shape index (κ1) is 25.1. The zero-order chi connectivity index (χ0) is 26.9. The molecule has 3 aromatic rings. The molecule has 0 saturated heterocycles. The molecule has 2 amide bonds. The summed E-state index contributed by atoms with van der Waals surface area (Å²) in [5.74, 6) is -1.60. The molecule has 2 aliphatic rings. The predicted molar refractivity (Wildman–Crippen MR) is 134 cm³/mol. The lowest BCUT2D eigenvalue weighted by molar-refractivity contribution is -0.159. The van der Waals surface area contributed by atoms with Gasteiger partial charge in [-0.3, -0.25) is 14.4 Å². The summed E-state index contributed by atoms with van der Waals surface area (Å²) in [5, 5.41) is 39.3. The summed E-state index contributed by atoms with van der Waals surface area (Å²) in [6.45, 7) is 0.178. The van der Waals surface area contributed by atoms with Crippen molar-refractivity contribution in [2.75, 3.05) is 17.2 Å². The maximum Gasteiger partial charge on any atom is 0.319 e. The van der Waals surface area contributed by atoms with Gasteiger partial charge in [0.25, 0.3) is 5.91 Å². The number of aromatic nitrogens is 2. The van der Waals surface area contributed by atoms with Crippen LogP contribution in [0.5, 0.6) is 5.75 Å². The van der Waals surface area contributed by atoms with E-state index in [0.29, 0.717) is 28.2 Å². The number of nitriles is 1. The zero-order valence-corrected chi connectivity index (χ0v) is 20.1. The number of aliphatic hydroxyl groups excluding tert-OH is 1. The number of ether oxygens (including phenoxy) is 1. The highest BCUT2D eigenvalue weighted by Crippen LogP contribution is 2.39. The van der Waals surface area contributed by atoms with E-state index in [0.717, 1.165) is 0 Å². The fraction of sp³-hybridized carbons (Fsp3) is 0.308. The third kappa shape index (κ3) is 4.72. The van der Waals surface area contributed by atoms with Gasteiger partial charge in [0, 0.05) is 18.0 Å². The molecule has 12 nitrogen and oxygen atoms in total. The molecule has 5 rings (SSSR count). The molecule has 1 aliphatic carbocycles. The Morgan fingerprint density at radius 3 is 2.82 bits per heavy atom. The molecule has 1 aliphatic heterocycles. The van der Waals surface area contributed by atoms with Crippen LogP contribution in [-0.4, -0.2) is 56.7 Å². The molecule has 3 heterocycles. The van der Waals surface area contributed by atoms with Gasteiger partial charge in [0.2, 0.25) is 5.91 Å². The van der Waals surface area contributed by atoms with Crippen LogP contribution in [0.2, 0.25) is 0 Å². The van der Waals surface area contributed by atoms with Gasteiger partial charge >= 0.3 is 5.97 Å². The van der Waals surface area contributed by atoms with Crippen LogP contribution < -0.4 is 20.7 Å². The molecule has 0 unspecified atom stereocenters. The summed E-state index contributed by atoms with van der Waals surface area (Å²) >= 11 is 0. The van der Waals surface area contributed by atoms with Gasteiger partial charge in [-0.05, 0) is 49.6 Å². The number of carboxylic acid groups (broad SMARTS) is 1. The van der Waals surface area contributed by atoms with Gasteiger partial charge in [-0.1, -0.05) is 12.1 Å². The highest BCUT2D eigenvalue weighted by molar-refractivity contribution is 6.11. The van der Waals surface area contributed by atoms with Gasteiger partial charge in [0.05, 0.1) is 23.0 Å². The Morgan fingerprint density at radius 2 is 2.05 bits per heavy atom.